The highest BCUT2D eigenvalue weighted by atomic mass is 32.1. The lowest BCUT2D eigenvalue weighted by atomic mass is 9.95. The number of carbonyl (C=O) groups excluding carboxylic acids is 1. The average molecular weight is 599 g/mol. The quantitative estimate of drug-likeness (QED) is 0.304. The summed E-state index contributed by atoms with van der Waals surface area (Å²) in [6.45, 7) is 3.96. The fraction of sp³-hybridized carbons (Fsp3) is 0.188. The van der Waals surface area contributed by atoms with Gasteiger partial charge in [-0.25, -0.2) is 14.6 Å². The number of rotatable bonds is 8. The Hall–Kier alpha value is -5.16. The SMILES string of the molecule is CCOC(=O)C1=C(C)N=c2s/c(=C\c3ccc(OCc4cccc(C(=O)O)c4)cc3)c(=O)n2[C@@H]1c1ccc2c(c1)OCO2. The van der Waals surface area contributed by atoms with Crippen LogP contribution in [0.1, 0.15) is 46.9 Å². The Morgan fingerprint density at radius 3 is 2.65 bits per heavy atom. The summed E-state index contributed by atoms with van der Waals surface area (Å²) >= 11 is 1.23. The molecule has 0 saturated carbocycles. The highest BCUT2D eigenvalue weighted by Gasteiger charge is 2.34. The van der Waals surface area contributed by atoms with Crippen molar-refractivity contribution in [3.63, 3.8) is 0 Å². The van der Waals surface area contributed by atoms with Gasteiger partial charge in [-0.3, -0.25) is 9.36 Å². The van der Waals surface area contributed by atoms with Crippen molar-refractivity contribution in [2.24, 2.45) is 4.99 Å². The molecule has 0 bridgehead atoms. The molecule has 0 saturated heterocycles. The minimum absolute atomic E-state index is 0.100. The van der Waals surface area contributed by atoms with E-state index in [2.05, 4.69) is 4.99 Å². The minimum atomic E-state index is -0.994. The van der Waals surface area contributed by atoms with Crippen molar-refractivity contribution < 1.29 is 33.6 Å². The molecule has 10 nitrogen and oxygen atoms in total. The lowest BCUT2D eigenvalue weighted by Crippen LogP contribution is -2.39. The third-order valence-corrected chi connectivity index (χ3v) is 7.97. The molecule has 11 heteroatoms. The summed E-state index contributed by atoms with van der Waals surface area (Å²) in [7, 11) is 0. The maximum atomic E-state index is 13.9. The number of ether oxygens (including phenoxy) is 4. The van der Waals surface area contributed by atoms with E-state index in [-0.39, 0.29) is 36.7 Å². The van der Waals surface area contributed by atoms with Crippen LogP contribution < -0.4 is 29.1 Å². The Bertz CT molecular complexity index is 1960. The molecule has 0 spiro atoms. The van der Waals surface area contributed by atoms with Crippen molar-refractivity contribution in [2.45, 2.75) is 26.5 Å². The molecule has 4 aromatic rings. The second-order valence-electron chi connectivity index (χ2n) is 9.78. The van der Waals surface area contributed by atoms with E-state index >= 15 is 0 Å². The molecule has 6 rings (SSSR count). The van der Waals surface area contributed by atoms with Crippen molar-refractivity contribution in [3.05, 3.63) is 120 Å². The monoisotopic (exact) mass is 598 g/mol. The zero-order valence-electron chi connectivity index (χ0n) is 23.2. The Labute approximate surface area is 249 Å². The number of allylic oxidation sites excluding steroid dienone is 1. The third kappa shape index (κ3) is 5.54. The van der Waals surface area contributed by atoms with Gasteiger partial charge in [0.25, 0.3) is 5.56 Å². The first-order valence-corrected chi connectivity index (χ1v) is 14.3. The summed E-state index contributed by atoms with van der Waals surface area (Å²) < 4.78 is 24.2. The van der Waals surface area contributed by atoms with Crippen LogP contribution in [-0.4, -0.2) is 35.0 Å². The zero-order chi connectivity index (χ0) is 30.1. The third-order valence-electron chi connectivity index (χ3n) is 6.99. The van der Waals surface area contributed by atoms with Gasteiger partial charge in [0, 0.05) is 0 Å². The predicted molar refractivity (Wildman–Crippen MR) is 157 cm³/mol. The number of hydrogen-bond acceptors (Lipinski definition) is 9. The molecule has 0 fully saturated rings. The summed E-state index contributed by atoms with van der Waals surface area (Å²) in [5, 5.41) is 9.19. The molecule has 2 aliphatic heterocycles. The number of carboxylic acid groups (broad SMARTS) is 1. The predicted octanol–water partition coefficient (Wildman–Crippen LogP) is 3.80. The molecule has 0 aliphatic carbocycles. The van der Waals surface area contributed by atoms with E-state index in [0.29, 0.717) is 37.8 Å². The van der Waals surface area contributed by atoms with E-state index in [9.17, 15) is 19.5 Å². The summed E-state index contributed by atoms with van der Waals surface area (Å²) in [5.41, 5.74) is 2.85. The van der Waals surface area contributed by atoms with Crippen LogP contribution >= 0.6 is 11.3 Å². The maximum absolute atomic E-state index is 13.9. The van der Waals surface area contributed by atoms with Gasteiger partial charge in [-0.15, -0.1) is 0 Å². The first-order chi connectivity index (χ1) is 20.8. The highest BCUT2D eigenvalue weighted by molar-refractivity contribution is 7.07. The Kier molecular flexibility index (Phi) is 7.56. The van der Waals surface area contributed by atoms with Gasteiger partial charge in [-0.1, -0.05) is 41.7 Å². The molecule has 2 aliphatic rings. The van der Waals surface area contributed by atoms with E-state index in [4.69, 9.17) is 18.9 Å². The van der Waals surface area contributed by atoms with Gasteiger partial charge in [0.2, 0.25) is 6.79 Å². The van der Waals surface area contributed by atoms with Crippen molar-refractivity contribution >= 4 is 29.4 Å². The molecular weight excluding hydrogens is 572 g/mol. The number of thiazole rings is 1. The summed E-state index contributed by atoms with van der Waals surface area (Å²) in [5.74, 6) is 0.193. The molecular formula is C32H26N2O8S. The van der Waals surface area contributed by atoms with Crippen LogP contribution in [0.15, 0.2) is 87.8 Å². The molecule has 1 N–H and O–H groups in total. The van der Waals surface area contributed by atoms with E-state index < -0.39 is 18.0 Å². The van der Waals surface area contributed by atoms with Gasteiger partial charge >= 0.3 is 11.9 Å². The van der Waals surface area contributed by atoms with Crippen molar-refractivity contribution in [1.29, 1.82) is 0 Å². The molecule has 1 atom stereocenters. The fourth-order valence-corrected chi connectivity index (χ4v) is 6.01. The maximum Gasteiger partial charge on any atom is 0.338 e. The minimum Gasteiger partial charge on any atom is -0.489 e. The summed E-state index contributed by atoms with van der Waals surface area (Å²) in [4.78, 5) is 43.3. The fourth-order valence-electron chi connectivity index (χ4n) is 4.96. The Balaban J connectivity index is 1.32. The number of fused-ring (bicyclic) bond motifs is 2. The van der Waals surface area contributed by atoms with Gasteiger partial charge < -0.3 is 24.1 Å². The molecule has 0 unspecified atom stereocenters. The van der Waals surface area contributed by atoms with Gasteiger partial charge in [-0.2, -0.15) is 0 Å². The number of carboxylic acids is 1. The van der Waals surface area contributed by atoms with Gasteiger partial charge in [0.1, 0.15) is 12.4 Å². The molecule has 0 amide bonds. The lowest BCUT2D eigenvalue weighted by molar-refractivity contribution is -0.139. The number of hydrogen-bond donors (Lipinski definition) is 1. The van der Waals surface area contributed by atoms with E-state index in [1.807, 2.05) is 18.2 Å². The van der Waals surface area contributed by atoms with Crippen LogP contribution in [0.25, 0.3) is 6.08 Å². The van der Waals surface area contributed by atoms with Crippen LogP contribution in [-0.2, 0) is 16.1 Å². The number of aromatic nitrogens is 1. The van der Waals surface area contributed by atoms with Crippen molar-refractivity contribution in [3.8, 4) is 17.2 Å². The molecule has 43 heavy (non-hydrogen) atoms. The summed E-state index contributed by atoms with van der Waals surface area (Å²) in [6.07, 6.45) is 1.77. The van der Waals surface area contributed by atoms with Crippen LogP contribution in [0.3, 0.4) is 0 Å². The molecule has 218 valence electrons. The van der Waals surface area contributed by atoms with Crippen LogP contribution in [0.5, 0.6) is 17.2 Å². The number of carbonyl (C=O) groups is 2. The normalized spacial score (nSPS) is 15.6. The molecule has 3 aromatic carbocycles. The Morgan fingerprint density at radius 1 is 1.09 bits per heavy atom. The van der Waals surface area contributed by atoms with Crippen molar-refractivity contribution in [2.75, 3.05) is 13.4 Å². The van der Waals surface area contributed by atoms with Gasteiger partial charge in [0.05, 0.1) is 34.0 Å². The first kappa shape index (κ1) is 28.0. The zero-order valence-corrected chi connectivity index (χ0v) is 24.1. The average Bonchev–Trinajstić information content (AvgIpc) is 3.59. The second kappa shape index (κ2) is 11.6. The number of nitrogens with zero attached hydrogens (tertiary/aromatic N) is 2. The van der Waals surface area contributed by atoms with Gasteiger partial charge in [0.15, 0.2) is 16.3 Å². The molecule has 0 radical (unpaired) electrons. The van der Waals surface area contributed by atoms with Gasteiger partial charge in [-0.05, 0) is 73.0 Å². The smallest absolute Gasteiger partial charge is 0.338 e. The molecule has 3 heterocycles. The number of esters is 1. The second-order valence-corrected chi connectivity index (χ2v) is 10.8. The number of aromatic carboxylic acids is 1. The van der Waals surface area contributed by atoms with Crippen LogP contribution in [0, 0.1) is 0 Å². The van der Waals surface area contributed by atoms with E-state index in [1.54, 1.807) is 62.4 Å². The van der Waals surface area contributed by atoms with E-state index in [0.717, 1.165) is 11.1 Å². The Morgan fingerprint density at radius 2 is 1.88 bits per heavy atom. The largest absolute Gasteiger partial charge is 0.489 e. The van der Waals surface area contributed by atoms with E-state index in [1.165, 1.54) is 22.0 Å². The standard InChI is InChI=1S/C32H26N2O8S/c1-3-39-31(38)27-18(2)33-32-34(28(27)21-9-12-24-25(15-21)42-17-41-24)29(35)26(43-32)14-19-7-10-23(11-8-19)40-16-20-5-4-6-22(13-20)30(36)37/h4-15,28H,3,16-17H2,1-2H3,(H,36,37)/b26-14-/t28-/m1/s1. The number of benzene rings is 3. The summed E-state index contributed by atoms with van der Waals surface area (Å²) in [6, 6.07) is 18.4. The lowest BCUT2D eigenvalue weighted by Gasteiger charge is -2.24. The van der Waals surface area contributed by atoms with Crippen LogP contribution in [0.4, 0.5) is 0 Å². The molecule has 1 aromatic heterocycles. The first-order valence-electron chi connectivity index (χ1n) is 13.5. The topological polar surface area (TPSA) is 126 Å². The van der Waals surface area contributed by atoms with Crippen molar-refractivity contribution in [1.82, 2.24) is 4.57 Å². The highest BCUT2D eigenvalue weighted by Crippen LogP contribution is 2.38. The van der Waals surface area contributed by atoms with Crippen LogP contribution in [0.2, 0.25) is 0 Å².